The number of pyridine rings is 1. The summed E-state index contributed by atoms with van der Waals surface area (Å²) >= 11 is 0. The van der Waals surface area contributed by atoms with Gasteiger partial charge in [-0.2, -0.15) is 0 Å². The van der Waals surface area contributed by atoms with Gasteiger partial charge in [-0.15, -0.1) is 0 Å². The number of rotatable bonds is 6. The molecule has 9 rings (SSSR count). The van der Waals surface area contributed by atoms with Crippen LogP contribution in [0.2, 0.25) is 0 Å². The highest BCUT2D eigenvalue weighted by atomic mass is 15.0. The van der Waals surface area contributed by atoms with Gasteiger partial charge in [0, 0.05) is 28.5 Å². The molecule has 0 bridgehead atoms. The van der Waals surface area contributed by atoms with Crippen LogP contribution in [-0.2, 0) is 0 Å². The lowest BCUT2D eigenvalue weighted by Crippen LogP contribution is -2.00. The summed E-state index contributed by atoms with van der Waals surface area (Å²) in [6.07, 6.45) is 1.81. The minimum absolute atomic E-state index is 0.619. The van der Waals surface area contributed by atoms with Gasteiger partial charge < -0.3 is 0 Å². The lowest BCUT2D eigenvalue weighted by Gasteiger charge is -2.11. The number of aromatic nitrogens is 4. The molecule has 0 aliphatic rings. The minimum atomic E-state index is 0.619. The quantitative estimate of drug-likeness (QED) is 0.182. The predicted molar refractivity (Wildman–Crippen MR) is 205 cm³/mol. The second kappa shape index (κ2) is 12.7. The fraction of sp³-hybridized carbons (Fsp3) is 0. The highest BCUT2D eigenvalue weighted by Crippen LogP contribution is 2.33. The Balaban J connectivity index is 1.12. The summed E-state index contributed by atoms with van der Waals surface area (Å²) in [5.41, 5.74) is 9.42. The third-order valence-electron chi connectivity index (χ3n) is 9.23. The van der Waals surface area contributed by atoms with Crippen LogP contribution < -0.4 is 0 Å². The number of benzene rings is 7. The second-order valence-corrected chi connectivity index (χ2v) is 12.3. The van der Waals surface area contributed by atoms with Crippen molar-refractivity contribution in [3.05, 3.63) is 182 Å². The van der Waals surface area contributed by atoms with Gasteiger partial charge in [0.25, 0.3) is 0 Å². The Labute approximate surface area is 290 Å². The Kier molecular flexibility index (Phi) is 7.45. The third kappa shape index (κ3) is 5.59. The molecule has 2 aromatic heterocycles. The van der Waals surface area contributed by atoms with E-state index in [1.807, 2.05) is 24.4 Å². The first-order chi connectivity index (χ1) is 24.8. The van der Waals surface area contributed by atoms with Crippen LogP contribution in [0.15, 0.2) is 182 Å². The number of nitrogens with zero attached hydrogens (tertiary/aromatic N) is 4. The maximum atomic E-state index is 5.04. The van der Waals surface area contributed by atoms with Crippen molar-refractivity contribution in [2.45, 2.75) is 0 Å². The molecule has 0 atom stereocenters. The van der Waals surface area contributed by atoms with Gasteiger partial charge in [-0.3, -0.25) is 4.98 Å². The number of fused-ring (bicyclic) bond motifs is 2. The Morgan fingerprint density at radius 2 is 0.660 bits per heavy atom. The fourth-order valence-electron chi connectivity index (χ4n) is 6.64. The highest BCUT2D eigenvalue weighted by molar-refractivity contribution is 5.98. The smallest absolute Gasteiger partial charge is 0.164 e. The Bertz CT molecular complexity index is 2460. The van der Waals surface area contributed by atoms with E-state index in [4.69, 9.17) is 15.0 Å². The molecule has 9 aromatic rings. The molecule has 50 heavy (non-hydrogen) atoms. The van der Waals surface area contributed by atoms with E-state index in [2.05, 4.69) is 163 Å². The van der Waals surface area contributed by atoms with Gasteiger partial charge in [0.15, 0.2) is 17.5 Å². The van der Waals surface area contributed by atoms with Gasteiger partial charge in [0.05, 0.1) is 5.69 Å². The fourth-order valence-corrected chi connectivity index (χ4v) is 6.64. The van der Waals surface area contributed by atoms with Gasteiger partial charge in [-0.25, -0.2) is 15.0 Å². The highest BCUT2D eigenvalue weighted by Gasteiger charge is 2.14. The van der Waals surface area contributed by atoms with Gasteiger partial charge in [0.1, 0.15) is 0 Å². The normalized spacial score (nSPS) is 11.2. The topological polar surface area (TPSA) is 51.6 Å². The third-order valence-corrected chi connectivity index (χ3v) is 9.23. The summed E-state index contributed by atoms with van der Waals surface area (Å²) < 4.78 is 0. The van der Waals surface area contributed by atoms with E-state index < -0.39 is 0 Å². The maximum Gasteiger partial charge on any atom is 0.164 e. The summed E-state index contributed by atoms with van der Waals surface area (Å²) in [5.74, 6) is 1.87. The average Bonchev–Trinajstić information content (AvgIpc) is 3.21. The van der Waals surface area contributed by atoms with Crippen molar-refractivity contribution < 1.29 is 0 Å². The molecule has 0 radical (unpaired) electrons. The van der Waals surface area contributed by atoms with Crippen LogP contribution in [0, 0.1) is 0 Å². The SMILES string of the molecule is c1ccc(-c2ccc(-c3nc(-c4ccc(-c5cccc6ccccc56)cc4)nc(-c4ccc(-c5cccc6ccccc56)cc4)n3)cc2)nc1. The van der Waals surface area contributed by atoms with E-state index in [1.165, 1.54) is 32.7 Å². The lowest BCUT2D eigenvalue weighted by molar-refractivity contribution is 1.07. The molecular weight excluding hydrogens is 609 g/mol. The average molecular weight is 639 g/mol. The van der Waals surface area contributed by atoms with Crippen molar-refractivity contribution in [2.24, 2.45) is 0 Å². The molecular formula is C46H30N4. The van der Waals surface area contributed by atoms with Crippen molar-refractivity contribution >= 4 is 21.5 Å². The van der Waals surface area contributed by atoms with Crippen molar-refractivity contribution in [2.75, 3.05) is 0 Å². The lowest BCUT2D eigenvalue weighted by atomic mass is 9.97. The van der Waals surface area contributed by atoms with Crippen LogP contribution in [0.3, 0.4) is 0 Å². The predicted octanol–water partition coefficient (Wildman–Crippen LogP) is 11.6. The summed E-state index contributed by atoms with van der Waals surface area (Å²) in [4.78, 5) is 19.6. The van der Waals surface area contributed by atoms with Crippen LogP contribution in [0.5, 0.6) is 0 Å². The summed E-state index contributed by atoms with van der Waals surface area (Å²) in [7, 11) is 0. The molecule has 0 fully saturated rings. The number of hydrogen-bond acceptors (Lipinski definition) is 4. The van der Waals surface area contributed by atoms with Crippen molar-refractivity contribution in [3.63, 3.8) is 0 Å². The molecule has 0 saturated carbocycles. The van der Waals surface area contributed by atoms with Gasteiger partial charge in [-0.1, -0.05) is 164 Å². The summed E-state index contributed by atoms with van der Waals surface area (Å²) in [6, 6.07) is 61.1. The van der Waals surface area contributed by atoms with E-state index >= 15 is 0 Å². The second-order valence-electron chi connectivity index (χ2n) is 12.3. The minimum Gasteiger partial charge on any atom is -0.256 e. The molecule has 0 aliphatic carbocycles. The molecule has 0 N–H and O–H groups in total. The van der Waals surface area contributed by atoms with Crippen LogP contribution in [0.1, 0.15) is 0 Å². The van der Waals surface area contributed by atoms with E-state index in [-0.39, 0.29) is 0 Å². The summed E-state index contributed by atoms with van der Waals surface area (Å²) in [5, 5.41) is 4.91. The van der Waals surface area contributed by atoms with Crippen LogP contribution in [-0.4, -0.2) is 19.9 Å². The molecule has 0 aliphatic heterocycles. The molecule has 0 spiro atoms. The van der Waals surface area contributed by atoms with E-state index in [0.717, 1.165) is 39.1 Å². The Morgan fingerprint density at radius 1 is 0.280 bits per heavy atom. The van der Waals surface area contributed by atoms with E-state index in [1.54, 1.807) is 0 Å². The zero-order valence-corrected chi connectivity index (χ0v) is 27.1. The first-order valence-corrected chi connectivity index (χ1v) is 16.7. The molecule has 0 unspecified atom stereocenters. The number of hydrogen-bond donors (Lipinski definition) is 0. The molecule has 4 nitrogen and oxygen atoms in total. The largest absolute Gasteiger partial charge is 0.256 e. The standard InChI is InChI=1S/C46H30N4/c1-3-13-39-31(9-1)11-7-15-41(39)33-18-24-36(25-19-33)44-48-45(50-46(49-44)38-28-22-35(23-29-38)43-17-5-6-30-47-43)37-26-20-34(21-27-37)42-16-8-12-32-10-2-4-14-40(32)42/h1-30H. The van der Waals surface area contributed by atoms with Gasteiger partial charge in [-0.05, 0) is 55.9 Å². The van der Waals surface area contributed by atoms with Crippen LogP contribution in [0.4, 0.5) is 0 Å². The zero-order chi connectivity index (χ0) is 33.3. The first kappa shape index (κ1) is 29.4. The van der Waals surface area contributed by atoms with Crippen LogP contribution >= 0.6 is 0 Å². The Hall–Kier alpha value is -6.78. The van der Waals surface area contributed by atoms with Gasteiger partial charge in [0.2, 0.25) is 0 Å². The molecule has 4 heteroatoms. The first-order valence-electron chi connectivity index (χ1n) is 16.7. The molecule has 0 saturated heterocycles. The molecule has 7 aromatic carbocycles. The molecule has 0 amide bonds. The maximum absolute atomic E-state index is 5.04. The van der Waals surface area contributed by atoms with E-state index in [9.17, 15) is 0 Å². The van der Waals surface area contributed by atoms with Crippen LogP contribution in [0.25, 0.3) is 89.2 Å². The van der Waals surface area contributed by atoms with E-state index in [0.29, 0.717) is 17.5 Å². The molecule has 234 valence electrons. The molecule has 2 heterocycles. The Morgan fingerprint density at radius 3 is 1.10 bits per heavy atom. The zero-order valence-electron chi connectivity index (χ0n) is 27.1. The van der Waals surface area contributed by atoms with Crippen molar-refractivity contribution in [1.82, 2.24) is 19.9 Å². The monoisotopic (exact) mass is 638 g/mol. The van der Waals surface area contributed by atoms with Crippen molar-refractivity contribution in [3.8, 4) is 67.7 Å². The summed E-state index contributed by atoms with van der Waals surface area (Å²) in [6.45, 7) is 0. The van der Waals surface area contributed by atoms with Gasteiger partial charge >= 0.3 is 0 Å². The van der Waals surface area contributed by atoms with Crippen molar-refractivity contribution in [1.29, 1.82) is 0 Å².